The van der Waals surface area contributed by atoms with E-state index in [4.69, 9.17) is 9.40 Å². The van der Waals surface area contributed by atoms with Gasteiger partial charge in [-0.05, 0) is 41.5 Å². The zero-order valence-electron chi connectivity index (χ0n) is 24.1. The van der Waals surface area contributed by atoms with Gasteiger partial charge in [0.25, 0.3) is 11.9 Å². The Morgan fingerprint density at radius 2 is 1.79 bits per heavy atom. The van der Waals surface area contributed by atoms with Gasteiger partial charge in [-0.1, -0.05) is 70.7 Å². The van der Waals surface area contributed by atoms with Crippen molar-refractivity contribution in [2.24, 2.45) is 16.8 Å². The van der Waals surface area contributed by atoms with Crippen LogP contribution in [0, 0.1) is 11.8 Å². The van der Waals surface area contributed by atoms with Crippen molar-refractivity contribution in [1.29, 1.82) is 0 Å². The van der Waals surface area contributed by atoms with E-state index in [9.17, 15) is 4.79 Å². The highest BCUT2D eigenvalue weighted by atomic mass is 16.4. The second kappa shape index (κ2) is 13.1. The largest absolute Gasteiger partial charge is 0.423 e. The van der Waals surface area contributed by atoms with Crippen LogP contribution in [0.3, 0.4) is 0 Å². The van der Waals surface area contributed by atoms with Crippen molar-refractivity contribution in [2.75, 3.05) is 38.1 Å². The van der Waals surface area contributed by atoms with Gasteiger partial charge in [-0.2, -0.15) is 4.98 Å². The summed E-state index contributed by atoms with van der Waals surface area (Å²) in [7, 11) is 1.79. The van der Waals surface area contributed by atoms with Gasteiger partial charge >= 0.3 is 0 Å². The van der Waals surface area contributed by atoms with E-state index >= 15 is 0 Å². The van der Waals surface area contributed by atoms with Gasteiger partial charge in [0.2, 0.25) is 0 Å². The summed E-state index contributed by atoms with van der Waals surface area (Å²) >= 11 is 0. The predicted molar refractivity (Wildman–Crippen MR) is 161 cm³/mol. The average Bonchev–Trinajstić information content (AvgIpc) is 3.36. The van der Waals surface area contributed by atoms with Crippen LogP contribution in [0.1, 0.15) is 56.5 Å². The maximum Gasteiger partial charge on any atom is 0.298 e. The first-order valence-corrected chi connectivity index (χ1v) is 14.1. The Labute approximate surface area is 233 Å². The molecule has 1 amide bonds. The molecule has 0 spiro atoms. The molecule has 1 saturated carbocycles. The van der Waals surface area contributed by atoms with Gasteiger partial charge in [-0.15, -0.1) is 0 Å². The lowest BCUT2D eigenvalue weighted by Gasteiger charge is -2.33. The predicted octanol–water partition coefficient (Wildman–Crippen LogP) is 5.97. The highest BCUT2D eigenvalue weighted by Crippen LogP contribution is 2.28. The van der Waals surface area contributed by atoms with Crippen LogP contribution in [-0.2, 0) is 6.54 Å². The molecule has 2 fully saturated rings. The molecule has 1 aliphatic heterocycles. The second-order valence-electron chi connectivity index (χ2n) is 11.3. The smallest absolute Gasteiger partial charge is 0.298 e. The van der Waals surface area contributed by atoms with E-state index in [-0.39, 0.29) is 11.9 Å². The lowest BCUT2D eigenvalue weighted by molar-refractivity contribution is 0.0934. The number of hydrogen-bond acceptors (Lipinski definition) is 6. The van der Waals surface area contributed by atoms with E-state index in [0.717, 1.165) is 56.3 Å². The fraction of sp³-hybridized carbons (Fsp3) is 0.469. The highest BCUT2D eigenvalue weighted by Gasteiger charge is 2.29. The van der Waals surface area contributed by atoms with Gasteiger partial charge in [0, 0.05) is 57.9 Å². The van der Waals surface area contributed by atoms with Crippen molar-refractivity contribution in [3.8, 4) is 0 Å². The van der Waals surface area contributed by atoms with Gasteiger partial charge in [0.05, 0.1) is 5.56 Å². The van der Waals surface area contributed by atoms with Crippen molar-refractivity contribution in [2.45, 2.75) is 53.1 Å². The minimum atomic E-state index is -0.122. The molecule has 1 N–H and O–H groups in total. The van der Waals surface area contributed by atoms with Crippen molar-refractivity contribution in [3.05, 3.63) is 71.8 Å². The Kier molecular flexibility index (Phi) is 9.57. The topological polar surface area (TPSA) is 74.0 Å². The van der Waals surface area contributed by atoms with E-state index in [0.29, 0.717) is 35.0 Å². The van der Waals surface area contributed by atoms with Gasteiger partial charge in [-0.25, -0.2) is 0 Å². The lowest BCUT2D eigenvalue weighted by Crippen LogP contribution is -2.46. The molecule has 5 rings (SSSR count). The number of aromatic nitrogens is 1. The number of para-hydroxylation sites is 1. The Morgan fingerprint density at radius 1 is 1.10 bits per heavy atom. The Balaban J connectivity index is 0.000000826. The number of rotatable bonds is 5. The SMILES string of the molecule is C=C1C(=NC)CC(NC(=O)c2cccc3oc(N4CCN(Cc5ccccc5)CC4)nc23)CC1C.CC(C)C. The number of allylic oxidation sites excluding steroid dienone is 1. The molecule has 2 aliphatic rings. The van der Waals surface area contributed by atoms with Crippen LogP contribution < -0.4 is 10.2 Å². The summed E-state index contributed by atoms with van der Waals surface area (Å²) in [5, 5.41) is 3.20. The average molecular weight is 530 g/mol. The molecule has 2 heterocycles. The van der Waals surface area contributed by atoms with E-state index in [1.54, 1.807) is 7.05 Å². The number of nitrogens with one attached hydrogen (secondary N) is 1. The minimum absolute atomic E-state index is 0.0287. The fourth-order valence-corrected chi connectivity index (χ4v) is 5.10. The summed E-state index contributed by atoms with van der Waals surface area (Å²) in [5.41, 5.74) is 5.19. The quantitative estimate of drug-likeness (QED) is 0.441. The first-order chi connectivity index (χ1) is 18.7. The number of nitrogens with zero attached hydrogens (tertiary/aromatic N) is 4. The first-order valence-electron chi connectivity index (χ1n) is 14.1. The second-order valence-corrected chi connectivity index (χ2v) is 11.3. The van der Waals surface area contributed by atoms with E-state index in [1.807, 2.05) is 24.3 Å². The van der Waals surface area contributed by atoms with Gasteiger partial charge in [0.15, 0.2) is 5.58 Å². The number of anilines is 1. The molecule has 208 valence electrons. The molecule has 1 aliphatic carbocycles. The molecule has 1 aromatic heterocycles. The van der Waals surface area contributed by atoms with Crippen LogP contribution >= 0.6 is 0 Å². The number of carbonyl (C=O) groups excluding carboxylic acids is 1. The van der Waals surface area contributed by atoms with Crippen LogP contribution in [0.15, 0.2) is 70.1 Å². The number of carbonyl (C=O) groups is 1. The molecule has 2 unspecified atom stereocenters. The third-order valence-electron chi connectivity index (χ3n) is 7.19. The summed E-state index contributed by atoms with van der Waals surface area (Å²) in [6.07, 6.45) is 1.57. The summed E-state index contributed by atoms with van der Waals surface area (Å²) in [5.74, 6) is 1.01. The number of hydrogen-bond donors (Lipinski definition) is 1. The number of benzene rings is 2. The van der Waals surface area contributed by atoms with Crippen LogP contribution in [0.5, 0.6) is 0 Å². The molecular formula is C32H43N5O2. The Morgan fingerprint density at radius 3 is 2.46 bits per heavy atom. The third kappa shape index (κ3) is 7.35. The lowest BCUT2D eigenvalue weighted by atomic mass is 9.82. The van der Waals surface area contributed by atoms with Gasteiger partial charge in [0.1, 0.15) is 5.52 Å². The normalized spacial score (nSPS) is 21.2. The maximum absolute atomic E-state index is 13.2. The molecule has 0 bridgehead atoms. The number of amides is 1. The van der Waals surface area contributed by atoms with Crippen LogP contribution in [0.2, 0.25) is 0 Å². The summed E-state index contributed by atoms with van der Waals surface area (Å²) < 4.78 is 6.09. The zero-order valence-corrected chi connectivity index (χ0v) is 24.1. The molecule has 7 nitrogen and oxygen atoms in total. The number of aliphatic imine (C=N–C) groups is 1. The highest BCUT2D eigenvalue weighted by molar-refractivity contribution is 6.06. The van der Waals surface area contributed by atoms with Crippen LogP contribution in [0.4, 0.5) is 6.01 Å². The fourth-order valence-electron chi connectivity index (χ4n) is 5.10. The van der Waals surface area contributed by atoms with Crippen LogP contribution in [0.25, 0.3) is 11.1 Å². The van der Waals surface area contributed by atoms with Gasteiger partial charge in [-0.3, -0.25) is 14.7 Å². The number of piperazine rings is 1. The molecule has 1 saturated heterocycles. The van der Waals surface area contributed by atoms with Crippen molar-refractivity contribution in [1.82, 2.24) is 15.2 Å². The van der Waals surface area contributed by atoms with E-state index < -0.39 is 0 Å². The molecular weight excluding hydrogens is 486 g/mol. The third-order valence-corrected chi connectivity index (χ3v) is 7.19. The molecule has 39 heavy (non-hydrogen) atoms. The van der Waals surface area contributed by atoms with Gasteiger partial charge < -0.3 is 14.6 Å². The summed E-state index contributed by atoms with van der Waals surface area (Å²) in [6, 6.07) is 16.7. The molecule has 2 atom stereocenters. The maximum atomic E-state index is 13.2. The van der Waals surface area contributed by atoms with Crippen molar-refractivity contribution >= 4 is 28.7 Å². The zero-order chi connectivity index (χ0) is 27.9. The van der Waals surface area contributed by atoms with Crippen molar-refractivity contribution in [3.63, 3.8) is 0 Å². The number of fused-ring (bicyclic) bond motifs is 1. The van der Waals surface area contributed by atoms with E-state index in [1.165, 1.54) is 5.56 Å². The minimum Gasteiger partial charge on any atom is -0.423 e. The number of oxazole rings is 1. The Hall–Kier alpha value is -3.45. The van der Waals surface area contributed by atoms with Crippen molar-refractivity contribution < 1.29 is 9.21 Å². The Bertz CT molecular complexity index is 1290. The summed E-state index contributed by atoms with van der Waals surface area (Å²) in [4.78, 5) is 27.0. The molecule has 0 radical (unpaired) electrons. The molecule has 7 heteroatoms. The molecule has 2 aromatic carbocycles. The van der Waals surface area contributed by atoms with E-state index in [2.05, 4.69) is 78.6 Å². The standard InChI is InChI=1S/C28H33N5O2.C4H10/c1-19-16-22(17-24(29-3)20(19)2)30-27(34)23-10-7-11-25-26(23)31-28(35-25)33-14-12-32(13-15-33)18-21-8-5-4-6-9-21;1-4(2)3/h4-11,19,22H,2,12-18H2,1,3H3,(H,30,34);4H,1-3H3. The first kappa shape index (κ1) is 28.6. The van der Waals surface area contributed by atoms with Crippen LogP contribution in [-0.4, -0.2) is 60.8 Å². The summed E-state index contributed by atoms with van der Waals surface area (Å²) in [6.45, 7) is 17.3. The monoisotopic (exact) mass is 529 g/mol. The molecule has 3 aromatic rings.